The molecule has 0 aliphatic carbocycles. The summed E-state index contributed by atoms with van der Waals surface area (Å²) in [5.41, 5.74) is 0.614. The highest BCUT2D eigenvalue weighted by Gasteiger charge is 2.09. The lowest BCUT2D eigenvalue weighted by molar-refractivity contribution is 0.0951. The molecule has 0 spiro atoms. The van der Waals surface area contributed by atoms with Gasteiger partial charge in [0, 0.05) is 43.3 Å². The van der Waals surface area contributed by atoms with E-state index >= 15 is 0 Å². The number of nitrogens with zero attached hydrogens (tertiary/aromatic N) is 1. The van der Waals surface area contributed by atoms with Crippen molar-refractivity contribution in [3.63, 3.8) is 0 Å². The second kappa shape index (κ2) is 5.99. The first-order valence-corrected chi connectivity index (χ1v) is 6.12. The number of rotatable bonds is 5. The van der Waals surface area contributed by atoms with Crippen molar-refractivity contribution >= 4 is 5.91 Å². The highest BCUT2D eigenvalue weighted by atomic mass is 16.2. The first kappa shape index (κ1) is 13.1. The van der Waals surface area contributed by atoms with Crippen molar-refractivity contribution in [2.45, 2.75) is 19.8 Å². The van der Waals surface area contributed by atoms with E-state index in [1.54, 1.807) is 19.3 Å². The molecule has 6 heteroatoms. The van der Waals surface area contributed by atoms with Gasteiger partial charge in [0.15, 0.2) is 5.43 Å². The molecule has 0 bridgehead atoms. The predicted molar refractivity (Wildman–Crippen MR) is 71.0 cm³/mol. The van der Waals surface area contributed by atoms with Crippen LogP contribution in [-0.2, 0) is 6.42 Å². The average Bonchev–Trinajstić information content (AvgIpc) is 2.87. The molecule has 1 amide bonds. The summed E-state index contributed by atoms with van der Waals surface area (Å²) < 4.78 is 0. The molecule has 2 aromatic heterocycles. The van der Waals surface area contributed by atoms with Crippen molar-refractivity contribution in [3.8, 4) is 0 Å². The Labute approximate surface area is 110 Å². The largest absolute Gasteiger partial charge is 0.364 e. The van der Waals surface area contributed by atoms with Gasteiger partial charge in [-0.15, -0.1) is 0 Å². The molecule has 0 radical (unpaired) electrons. The average molecular weight is 260 g/mol. The maximum absolute atomic E-state index is 11.8. The molecule has 0 aliphatic heterocycles. The number of carbonyl (C=O) groups is 1. The van der Waals surface area contributed by atoms with Crippen LogP contribution in [0.3, 0.4) is 0 Å². The van der Waals surface area contributed by atoms with E-state index in [4.69, 9.17) is 0 Å². The van der Waals surface area contributed by atoms with Crippen molar-refractivity contribution in [2.75, 3.05) is 6.54 Å². The molecule has 0 unspecified atom stereocenters. The Kier molecular flexibility index (Phi) is 4.12. The summed E-state index contributed by atoms with van der Waals surface area (Å²) in [6.45, 7) is 2.28. The lowest BCUT2D eigenvalue weighted by Crippen LogP contribution is -2.29. The molecule has 2 rings (SSSR count). The topological polar surface area (TPSA) is 90.6 Å². The number of hydrogen-bond donors (Lipinski definition) is 3. The van der Waals surface area contributed by atoms with Gasteiger partial charge >= 0.3 is 0 Å². The highest BCUT2D eigenvalue weighted by molar-refractivity contribution is 5.93. The van der Waals surface area contributed by atoms with Gasteiger partial charge in [0.1, 0.15) is 11.4 Å². The van der Waals surface area contributed by atoms with Crippen LogP contribution < -0.4 is 10.7 Å². The Morgan fingerprint density at radius 2 is 2.26 bits per heavy atom. The molecule has 6 nitrogen and oxygen atoms in total. The second-order valence-corrected chi connectivity index (χ2v) is 4.29. The van der Waals surface area contributed by atoms with Crippen LogP contribution in [0.5, 0.6) is 0 Å². The third-order valence-corrected chi connectivity index (χ3v) is 2.73. The standard InChI is InChI=1S/C13H16N4O2/c1-9-7-11(18)10(8-17-9)13(19)16-4-2-3-12-14-5-6-15-12/h5-8H,2-4H2,1H3,(H,14,15)(H,16,19)(H,17,18). The lowest BCUT2D eigenvalue weighted by Gasteiger charge is -2.04. The van der Waals surface area contributed by atoms with Crippen LogP contribution in [0.25, 0.3) is 0 Å². The minimum Gasteiger partial charge on any atom is -0.364 e. The monoisotopic (exact) mass is 260 g/mol. The van der Waals surface area contributed by atoms with Crippen LogP contribution in [0.15, 0.2) is 29.5 Å². The number of pyridine rings is 1. The van der Waals surface area contributed by atoms with Gasteiger partial charge in [-0.3, -0.25) is 9.59 Å². The number of aromatic amines is 2. The van der Waals surface area contributed by atoms with Gasteiger partial charge in [0.05, 0.1) is 0 Å². The smallest absolute Gasteiger partial charge is 0.256 e. The molecular weight excluding hydrogens is 244 g/mol. The van der Waals surface area contributed by atoms with E-state index in [9.17, 15) is 9.59 Å². The van der Waals surface area contributed by atoms with Gasteiger partial charge in [-0.25, -0.2) is 4.98 Å². The Hall–Kier alpha value is -2.37. The van der Waals surface area contributed by atoms with Crippen molar-refractivity contribution in [3.05, 3.63) is 52.0 Å². The first-order chi connectivity index (χ1) is 9.16. The number of carbonyl (C=O) groups excluding carboxylic acids is 1. The van der Waals surface area contributed by atoms with E-state index in [-0.39, 0.29) is 16.9 Å². The van der Waals surface area contributed by atoms with Crippen molar-refractivity contribution in [2.24, 2.45) is 0 Å². The molecule has 0 atom stereocenters. The summed E-state index contributed by atoms with van der Waals surface area (Å²) in [7, 11) is 0. The van der Waals surface area contributed by atoms with E-state index in [0.717, 1.165) is 24.4 Å². The summed E-state index contributed by atoms with van der Waals surface area (Å²) in [6.07, 6.45) is 6.43. The summed E-state index contributed by atoms with van der Waals surface area (Å²) in [5, 5.41) is 2.72. The number of nitrogens with one attached hydrogen (secondary N) is 3. The molecule has 2 aromatic rings. The molecule has 100 valence electrons. The second-order valence-electron chi connectivity index (χ2n) is 4.29. The van der Waals surface area contributed by atoms with Crippen molar-refractivity contribution < 1.29 is 4.79 Å². The fourth-order valence-corrected chi connectivity index (χ4v) is 1.74. The number of aryl methyl sites for hydroxylation is 2. The van der Waals surface area contributed by atoms with E-state index in [0.29, 0.717) is 6.54 Å². The minimum absolute atomic E-state index is 0.142. The van der Waals surface area contributed by atoms with Crippen molar-refractivity contribution in [1.29, 1.82) is 0 Å². The van der Waals surface area contributed by atoms with E-state index in [2.05, 4.69) is 20.3 Å². The quantitative estimate of drug-likeness (QED) is 0.693. The molecule has 2 heterocycles. The summed E-state index contributed by atoms with van der Waals surface area (Å²) in [5.74, 6) is 0.545. The van der Waals surface area contributed by atoms with Gasteiger partial charge in [-0.1, -0.05) is 0 Å². The van der Waals surface area contributed by atoms with E-state index < -0.39 is 0 Å². The first-order valence-electron chi connectivity index (χ1n) is 6.12. The maximum Gasteiger partial charge on any atom is 0.256 e. The Bertz CT molecular complexity index is 601. The molecule has 0 saturated heterocycles. The van der Waals surface area contributed by atoms with Crippen LogP contribution in [0.4, 0.5) is 0 Å². The third kappa shape index (κ3) is 3.54. The zero-order valence-corrected chi connectivity index (χ0v) is 10.7. The highest BCUT2D eigenvalue weighted by Crippen LogP contribution is 1.95. The van der Waals surface area contributed by atoms with Gasteiger partial charge in [0.2, 0.25) is 0 Å². The third-order valence-electron chi connectivity index (χ3n) is 2.73. The number of H-pyrrole nitrogens is 2. The van der Waals surface area contributed by atoms with Gasteiger partial charge in [-0.05, 0) is 13.3 Å². The number of aromatic nitrogens is 3. The minimum atomic E-state index is -0.347. The SMILES string of the molecule is Cc1cc(=O)c(C(=O)NCCCc2ncc[nH]2)c[nH]1. The number of amides is 1. The van der Waals surface area contributed by atoms with Crippen LogP contribution >= 0.6 is 0 Å². The molecule has 0 aliphatic rings. The Morgan fingerprint density at radius 3 is 2.95 bits per heavy atom. The zero-order chi connectivity index (χ0) is 13.7. The van der Waals surface area contributed by atoms with E-state index in [1.165, 1.54) is 12.3 Å². The predicted octanol–water partition coefficient (Wildman–Crippen LogP) is 0.769. The Morgan fingerprint density at radius 1 is 1.42 bits per heavy atom. The molecule has 3 N–H and O–H groups in total. The zero-order valence-electron chi connectivity index (χ0n) is 10.7. The van der Waals surface area contributed by atoms with Crippen LogP contribution in [0, 0.1) is 6.92 Å². The van der Waals surface area contributed by atoms with Gasteiger partial charge in [-0.2, -0.15) is 0 Å². The normalized spacial score (nSPS) is 10.4. The summed E-state index contributed by atoms with van der Waals surface area (Å²) in [4.78, 5) is 33.3. The molecule has 0 aromatic carbocycles. The summed E-state index contributed by atoms with van der Waals surface area (Å²) in [6, 6.07) is 1.41. The number of hydrogen-bond acceptors (Lipinski definition) is 3. The Balaban J connectivity index is 1.82. The maximum atomic E-state index is 11.8. The number of imidazole rings is 1. The molecule has 0 fully saturated rings. The summed E-state index contributed by atoms with van der Waals surface area (Å²) >= 11 is 0. The molecular formula is C13H16N4O2. The van der Waals surface area contributed by atoms with Crippen LogP contribution in [-0.4, -0.2) is 27.4 Å². The van der Waals surface area contributed by atoms with Gasteiger partial charge < -0.3 is 15.3 Å². The lowest BCUT2D eigenvalue weighted by atomic mass is 10.2. The van der Waals surface area contributed by atoms with Crippen molar-refractivity contribution in [1.82, 2.24) is 20.3 Å². The fraction of sp³-hybridized carbons (Fsp3) is 0.308. The van der Waals surface area contributed by atoms with Crippen LogP contribution in [0.1, 0.15) is 28.3 Å². The van der Waals surface area contributed by atoms with Crippen LogP contribution in [0.2, 0.25) is 0 Å². The molecule has 19 heavy (non-hydrogen) atoms. The van der Waals surface area contributed by atoms with Gasteiger partial charge in [0.25, 0.3) is 5.91 Å². The molecule has 0 saturated carbocycles. The fourth-order valence-electron chi connectivity index (χ4n) is 1.74. The van der Waals surface area contributed by atoms with E-state index in [1.807, 2.05) is 0 Å².